The number of methoxy groups -OCH3 is 1. The molecule has 0 aromatic heterocycles. The summed E-state index contributed by atoms with van der Waals surface area (Å²) >= 11 is 0. The van der Waals surface area contributed by atoms with E-state index in [2.05, 4.69) is 0 Å². The van der Waals surface area contributed by atoms with Crippen LogP contribution in [0, 0.1) is 0 Å². The van der Waals surface area contributed by atoms with Crippen LogP contribution in [0.5, 0.6) is 5.75 Å². The molecule has 0 amide bonds. The lowest BCUT2D eigenvalue weighted by atomic mass is 10.2. The van der Waals surface area contributed by atoms with Crippen molar-refractivity contribution in [2.45, 2.75) is 22.1 Å². The molecular weight excluding hydrogens is 538 g/mol. The lowest BCUT2D eigenvalue weighted by molar-refractivity contribution is -0.138. The molecule has 0 atom stereocenters. The van der Waals surface area contributed by atoms with Gasteiger partial charge >= 0.3 is 12.4 Å². The van der Waals surface area contributed by atoms with E-state index in [-0.39, 0.29) is 5.75 Å². The van der Waals surface area contributed by atoms with Gasteiger partial charge in [-0.15, -0.1) is 0 Å². The van der Waals surface area contributed by atoms with Crippen LogP contribution in [-0.4, -0.2) is 23.9 Å². The maximum absolute atomic E-state index is 13.0. The summed E-state index contributed by atoms with van der Waals surface area (Å²) in [6.07, 6.45) is -9.65. The molecule has 0 bridgehead atoms. The summed E-state index contributed by atoms with van der Waals surface area (Å²) in [5, 5.41) is 0. The van der Waals surface area contributed by atoms with Gasteiger partial charge in [-0.2, -0.15) is 26.3 Å². The number of ether oxygens (including phenoxy) is 1. The molecule has 0 saturated carbocycles. The zero-order chi connectivity index (χ0) is 26.9. The standard InChI is InChI=1S/C21H16F6N2O5S2/c1-34-15-8-9-18(28-35(30,31)16-6-2-4-13(10-16)20(22,23)24)19(12-15)29-36(32,33)17-7-3-5-14(11-17)21(25,26)27/h2-12,28-29H,1H3. The maximum Gasteiger partial charge on any atom is 0.416 e. The molecule has 7 nitrogen and oxygen atoms in total. The Bertz CT molecular complexity index is 1490. The number of alkyl halides is 6. The van der Waals surface area contributed by atoms with Crippen molar-refractivity contribution in [3.8, 4) is 5.75 Å². The second-order valence-corrected chi connectivity index (χ2v) is 10.5. The third-order valence-electron chi connectivity index (χ3n) is 4.66. The molecule has 0 heterocycles. The van der Waals surface area contributed by atoms with E-state index in [9.17, 15) is 43.2 Å². The summed E-state index contributed by atoms with van der Waals surface area (Å²) in [7, 11) is -8.12. The lowest BCUT2D eigenvalue weighted by Crippen LogP contribution is -2.18. The van der Waals surface area contributed by atoms with Crippen LogP contribution in [0.15, 0.2) is 76.5 Å². The van der Waals surface area contributed by atoms with E-state index in [0.717, 1.165) is 36.4 Å². The van der Waals surface area contributed by atoms with Gasteiger partial charge in [-0.3, -0.25) is 9.44 Å². The summed E-state index contributed by atoms with van der Waals surface area (Å²) < 4.78 is 138. The number of benzene rings is 3. The van der Waals surface area contributed by atoms with Crippen molar-refractivity contribution in [2.24, 2.45) is 0 Å². The molecule has 0 aliphatic heterocycles. The van der Waals surface area contributed by atoms with Gasteiger partial charge in [0.1, 0.15) is 5.75 Å². The Morgan fingerprint density at radius 2 is 1.08 bits per heavy atom. The molecule has 3 aromatic carbocycles. The summed E-state index contributed by atoms with van der Waals surface area (Å²) in [5.41, 5.74) is -3.35. The van der Waals surface area contributed by atoms with Gasteiger partial charge < -0.3 is 4.74 Å². The van der Waals surface area contributed by atoms with E-state index < -0.39 is 64.7 Å². The maximum atomic E-state index is 13.0. The van der Waals surface area contributed by atoms with E-state index in [1.54, 1.807) is 0 Å². The van der Waals surface area contributed by atoms with Gasteiger partial charge in [0, 0.05) is 6.07 Å². The Morgan fingerprint density at radius 3 is 1.50 bits per heavy atom. The first-order valence-corrected chi connectivity index (χ1v) is 12.6. The second-order valence-electron chi connectivity index (χ2n) is 7.17. The van der Waals surface area contributed by atoms with Crippen molar-refractivity contribution >= 4 is 31.4 Å². The van der Waals surface area contributed by atoms with E-state index in [0.29, 0.717) is 24.3 Å². The molecule has 0 unspecified atom stereocenters. The molecule has 3 rings (SSSR count). The van der Waals surface area contributed by atoms with Crippen molar-refractivity contribution in [1.82, 2.24) is 0 Å². The fraction of sp³-hybridized carbons (Fsp3) is 0.143. The van der Waals surface area contributed by atoms with E-state index in [1.807, 2.05) is 9.44 Å². The first-order valence-electron chi connectivity index (χ1n) is 9.61. The van der Waals surface area contributed by atoms with Crippen LogP contribution in [0.25, 0.3) is 0 Å². The molecule has 0 fully saturated rings. The molecule has 15 heteroatoms. The van der Waals surface area contributed by atoms with Gasteiger partial charge in [-0.1, -0.05) is 12.1 Å². The average molecular weight is 554 g/mol. The highest BCUT2D eigenvalue weighted by atomic mass is 32.2. The van der Waals surface area contributed by atoms with Crippen LogP contribution in [0.4, 0.5) is 37.7 Å². The molecule has 0 radical (unpaired) electrons. The van der Waals surface area contributed by atoms with Crippen LogP contribution in [-0.2, 0) is 32.4 Å². The lowest BCUT2D eigenvalue weighted by Gasteiger charge is -2.17. The van der Waals surface area contributed by atoms with Crippen molar-refractivity contribution in [3.05, 3.63) is 77.9 Å². The highest BCUT2D eigenvalue weighted by Crippen LogP contribution is 2.35. The smallest absolute Gasteiger partial charge is 0.416 e. The Hall–Kier alpha value is -3.46. The number of hydrogen-bond acceptors (Lipinski definition) is 5. The van der Waals surface area contributed by atoms with Gasteiger partial charge in [0.2, 0.25) is 0 Å². The number of anilines is 2. The van der Waals surface area contributed by atoms with Crippen molar-refractivity contribution in [2.75, 3.05) is 16.6 Å². The predicted octanol–water partition coefficient (Wildman–Crippen LogP) is 5.33. The highest BCUT2D eigenvalue weighted by Gasteiger charge is 2.33. The minimum atomic E-state index is -4.83. The molecule has 0 aliphatic carbocycles. The molecule has 3 aromatic rings. The van der Waals surface area contributed by atoms with Gasteiger partial charge in [0.25, 0.3) is 20.0 Å². The second kappa shape index (κ2) is 9.54. The van der Waals surface area contributed by atoms with E-state index in [1.165, 1.54) is 13.2 Å². The zero-order valence-corrected chi connectivity index (χ0v) is 19.6. The monoisotopic (exact) mass is 554 g/mol. The largest absolute Gasteiger partial charge is 0.497 e. The summed E-state index contributed by atoms with van der Waals surface area (Å²) in [6.45, 7) is 0. The fourth-order valence-corrected chi connectivity index (χ4v) is 5.15. The Balaban J connectivity index is 2.02. The quantitative estimate of drug-likeness (QED) is 0.385. The van der Waals surface area contributed by atoms with Crippen molar-refractivity contribution in [3.63, 3.8) is 0 Å². The molecule has 0 spiro atoms. The van der Waals surface area contributed by atoms with Gasteiger partial charge in [-0.25, -0.2) is 16.8 Å². The minimum absolute atomic E-state index is 0.0405. The minimum Gasteiger partial charge on any atom is -0.497 e. The molecular formula is C21H16F6N2O5S2. The van der Waals surface area contributed by atoms with Crippen LogP contribution in [0.1, 0.15) is 11.1 Å². The van der Waals surface area contributed by atoms with Gasteiger partial charge in [0.05, 0.1) is 39.4 Å². The van der Waals surface area contributed by atoms with Crippen LogP contribution in [0.2, 0.25) is 0 Å². The van der Waals surface area contributed by atoms with Gasteiger partial charge in [0.15, 0.2) is 0 Å². The zero-order valence-electron chi connectivity index (χ0n) is 18.0. The van der Waals surface area contributed by atoms with Gasteiger partial charge in [-0.05, 0) is 48.5 Å². The first kappa shape index (κ1) is 27.1. The number of hydrogen-bond donors (Lipinski definition) is 2. The Morgan fingerprint density at radius 1 is 0.639 bits per heavy atom. The average Bonchev–Trinajstić information content (AvgIpc) is 2.79. The Kier molecular flexibility index (Phi) is 7.19. The summed E-state index contributed by atoms with van der Waals surface area (Å²) in [4.78, 5) is -1.54. The Labute approximate surface area is 201 Å². The van der Waals surface area contributed by atoms with Crippen molar-refractivity contribution in [1.29, 1.82) is 0 Å². The van der Waals surface area contributed by atoms with Crippen molar-refractivity contribution < 1.29 is 47.9 Å². The molecule has 194 valence electrons. The molecule has 2 N–H and O–H groups in total. The molecule has 0 saturated heterocycles. The third kappa shape index (κ3) is 6.20. The van der Waals surface area contributed by atoms with Crippen LogP contribution >= 0.6 is 0 Å². The first-order chi connectivity index (χ1) is 16.5. The summed E-state index contributed by atoms with van der Waals surface area (Å²) in [6, 6.07) is 8.98. The van der Waals surface area contributed by atoms with E-state index in [4.69, 9.17) is 4.74 Å². The fourth-order valence-electron chi connectivity index (χ4n) is 2.91. The number of sulfonamides is 2. The molecule has 0 aliphatic rings. The predicted molar refractivity (Wildman–Crippen MR) is 117 cm³/mol. The SMILES string of the molecule is COc1ccc(NS(=O)(=O)c2cccc(C(F)(F)F)c2)c(NS(=O)(=O)c2cccc(C(F)(F)F)c2)c1. The summed E-state index contributed by atoms with van der Waals surface area (Å²) in [5.74, 6) is 0.0405. The van der Waals surface area contributed by atoms with Crippen LogP contribution in [0.3, 0.4) is 0 Å². The topological polar surface area (TPSA) is 102 Å². The van der Waals surface area contributed by atoms with Crippen LogP contribution < -0.4 is 14.2 Å². The molecule has 36 heavy (non-hydrogen) atoms. The number of halogens is 6. The van der Waals surface area contributed by atoms with E-state index >= 15 is 0 Å². The third-order valence-corrected chi connectivity index (χ3v) is 7.39. The number of rotatable bonds is 7. The normalized spacial score (nSPS) is 12.8. The number of nitrogens with one attached hydrogen (secondary N) is 2. The highest BCUT2D eigenvalue weighted by molar-refractivity contribution is 7.93.